The van der Waals surface area contributed by atoms with Crippen LogP contribution in [0, 0.1) is 19.7 Å². The Morgan fingerprint density at radius 1 is 1.00 bits per heavy atom. The van der Waals surface area contributed by atoms with E-state index in [4.69, 9.17) is 27.9 Å². The van der Waals surface area contributed by atoms with E-state index >= 15 is 0 Å². The lowest BCUT2D eigenvalue weighted by Gasteiger charge is -2.12. The van der Waals surface area contributed by atoms with Crippen molar-refractivity contribution >= 4 is 52.5 Å². The Bertz CT molecular complexity index is 1500. The van der Waals surface area contributed by atoms with Crippen LogP contribution in [0.25, 0.3) is 5.69 Å². The van der Waals surface area contributed by atoms with Gasteiger partial charge in [0.2, 0.25) is 5.91 Å². The summed E-state index contributed by atoms with van der Waals surface area (Å²) in [6.07, 6.45) is 0. The standard InChI is InChI=1S/C27H24Cl2FN5O3S/c1-16-3-4-17(2)22(11-16)32-26(37)15-39-27-34-33-24(35(27)20-8-6-19(30)7-9-20)13-31-25(36)14-38-23-10-5-18(28)12-21(23)29/h3-12H,13-15H2,1-2H3,(H,31,36)(H,32,37). The first-order chi connectivity index (χ1) is 18.7. The van der Waals surface area contributed by atoms with Gasteiger partial charge in [0.05, 0.1) is 17.3 Å². The Labute approximate surface area is 238 Å². The summed E-state index contributed by atoms with van der Waals surface area (Å²) in [7, 11) is 0. The van der Waals surface area contributed by atoms with Gasteiger partial charge in [-0.1, -0.05) is 47.1 Å². The molecule has 0 spiro atoms. The third-order valence-corrected chi connectivity index (χ3v) is 6.94. The van der Waals surface area contributed by atoms with Crippen molar-refractivity contribution < 1.29 is 18.7 Å². The van der Waals surface area contributed by atoms with Crippen LogP contribution in [0.4, 0.5) is 10.1 Å². The van der Waals surface area contributed by atoms with Gasteiger partial charge in [-0.05, 0) is 73.5 Å². The summed E-state index contributed by atoms with van der Waals surface area (Å²) in [6.45, 7) is 3.60. The number of benzene rings is 3. The number of hydrogen-bond donors (Lipinski definition) is 2. The zero-order chi connectivity index (χ0) is 27.9. The third-order valence-electron chi connectivity index (χ3n) is 5.48. The number of aromatic nitrogens is 3. The highest BCUT2D eigenvalue weighted by Crippen LogP contribution is 2.27. The number of nitrogens with zero attached hydrogens (tertiary/aromatic N) is 3. The Morgan fingerprint density at radius 3 is 2.51 bits per heavy atom. The summed E-state index contributed by atoms with van der Waals surface area (Å²) in [5.41, 5.74) is 3.31. The minimum atomic E-state index is -0.420. The van der Waals surface area contributed by atoms with Crippen molar-refractivity contribution in [3.05, 3.63) is 93.5 Å². The number of carbonyl (C=O) groups is 2. The Morgan fingerprint density at radius 2 is 1.77 bits per heavy atom. The van der Waals surface area contributed by atoms with Gasteiger partial charge in [0.15, 0.2) is 17.6 Å². The number of ether oxygens (including phenoxy) is 1. The minimum Gasteiger partial charge on any atom is -0.482 e. The van der Waals surface area contributed by atoms with Crippen LogP contribution >= 0.6 is 35.0 Å². The summed E-state index contributed by atoms with van der Waals surface area (Å²) in [5, 5.41) is 15.2. The van der Waals surface area contributed by atoms with Gasteiger partial charge in [-0.25, -0.2) is 4.39 Å². The molecular formula is C27H24Cl2FN5O3S. The fourth-order valence-electron chi connectivity index (χ4n) is 3.51. The lowest BCUT2D eigenvalue weighted by Crippen LogP contribution is -2.29. The van der Waals surface area contributed by atoms with Gasteiger partial charge in [0, 0.05) is 16.4 Å². The molecule has 3 aromatic carbocycles. The monoisotopic (exact) mass is 587 g/mol. The first-order valence-electron chi connectivity index (χ1n) is 11.7. The Balaban J connectivity index is 1.43. The molecule has 0 unspecified atom stereocenters. The van der Waals surface area contributed by atoms with E-state index in [9.17, 15) is 14.0 Å². The maximum absolute atomic E-state index is 13.6. The molecule has 12 heteroatoms. The molecule has 0 aliphatic carbocycles. The van der Waals surface area contributed by atoms with E-state index in [1.165, 1.54) is 30.0 Å². The van der Waals surface area contributed by atoms with Gasteiger partial charge in [0.1, 0.15) is 11.6 Å². The number of rotatable bonds is 10. The van der Waals surface area contributed by atoms with Crippen molar-refractivity contribution in [3.8, 4) is 11.4 Å². The molecule has 4 aromatic rings. The molecule has 0 aliphatic heterocycles. The quantitative estimate of drug-likeness (QED) is 0.229. The minimum absolute atomic E-state index is 0.0101. The number of carbonyl (C=O) groups excluding carboxylic acids is 2. The van der Waals surface area contributed by atoms with E-state index in [-0.39, 0.29) is 29.8 Å². The first kappa shape index (κ1) is 28.4. The van der Waals surface area contributed by atoms with Crippen LogP contribution < -0.4 is 15.4 Å². The third kappa shape index (κ3) is 7.72. The molecule has 1 heterocycles. The molecule has 0 fully saturated rings. The number of nitrogens with one attached hydrogen (secondary N) is 2. The predicted octanol–water partition coefficient (Wildman–Crippen LogP) is 5.76. The Hall–Kier alpha value is -3.60. The van der Waals surface area contributed by atoms with E-state index in [2.05, 4.69) is 20.8 Å². The number of amides is 2. The van der Waals surface area contributed by atoms with Crippen molar-refractivity contribution in [3.63, 3.8) is 0 Å². The van der Waals surface area contributed by atoms with Crippen LogP contribution in [0.1, 0.15) is 17.0 Å². The van der Waals surface area contributed by atoms with Crippen molar-refractivity contribution in [2.45, 2.75) is 25.5 Å². The molecule has 0 saturated heterocycles. The summed E-state index contributed by atoms with van der Waals surface area (Å²) >= 11 is 13.1. The topological polar surface area (TPSA) is 98.1 Å². The zero-order valence-electron chi connectivity index (χ0n) is 21.0. The smallest absolute Gasteiger partial charge is 0.258 e. The molecular weight excluding hydrogens is 564 g/mol. The SMILES string of the molecule is Cc1ccc(C)c(NC(=O)CSc2nnc(CNC(=O)COc3ccc(Cl)cc3Cl)n2-c2ccc(F)cc2)c1. The van der Waals surface area contributed by atoms with Crippen LogP contribution in [-0.2, 0) is 16.1 Å². The van der Waals surface area contributed by atoms with Crippen molar-refractivity contribution in [1.29, 1.82) is 0 Å². The average molecular weight is 588 g/mol. The van der Waals surface area contributed by atoms with E-state index < -0.39 is 11.7 Å². The van der Waals surface area contributed by atoms with Crippen LogP contribution in [-0.4, -0.2) is 38.9 Å². The second-order valence-electron chi connectivity index (χ2n) is 8.51. The van der Waals surface area contributed by atoms with Crippen molar-refractivity contribution in [1.82, 2.24) is 20.1 Å². The largest absolute Gasteiger partial charge is 0.482 e. The number of thioether (sulfide) groups is 1. The predicted molar refractivity (Wildman–Crippen MR) is 150 cm³/mol. The van der Waals surface area contributed by atoms with Crippen molar-refractivity contribution in [2.24, 2.45) is 0 Å². The van der Waals surface area contributed by atoms with Gasteiger partial charge < -0.3 is 15.4 Å². The van der Waals surface area contributed by atoms with Crippen LogP contribution in [0.2, 0.25) is 10.0 Å². The summed E-state index contributed by atoms with van der Waals surface area (Å²) < 4.78 is 20.7. The van der Waals surface area contributed by atoms with Gasteiger partial charge in [-0.15, -0.1) is 10.2 Å². The molecule has 0 bridgehead atoms. The van der Waals surface area contributed by atoms with E-state index in [0.29, 0.717) is 27.4 Å². The lowest BCUT2D eigenvalue weighted by molar-refractivity contribution is -0.123. The zero-order valence-corrected chi connectivity index (χ0v) is 23.3. The molecule has 0 aliphatic rings. The van der Waals surface area contributed by atoms with Crippen molar-refractivity contribution in [2.75, 3.05) is 17.7 Å². The molecule has 2 amide bonds. The highest BCUT2D eigenvalue weighted by atomic mass is 35.5. The molecule has 0 atom stereocenters. The molecule has 202 valence electrons. The Kier molecular flexibility index (Phi) is 9.45. The second kappa shape index (κ2) is 13.0. The summed E-state index contributed by atoms with van der Waals surface area (Å²) in [6, 6.07) is 16.3. The molecule has 0 radical (unpaired) electrons. The average Bonchev–Trinajstić information content (AvgIpc) is 3.31. The molecule has 0 saturated carbocycles. The van der Waals surface area contributed by atoms with E-state index in [0.717, 1.165) is 16.8 Å². The van der Waals surface area contributed by atoms with Gasteiger partial charge >= 0.3 is 0 Å². The van der Waals surface area contributed by atoms with Crippen LogP contribution in [0.3, 0.4) is 0 Å². The van der Waals surface area contributed by atoms with Crippen LogP contribution in [0.15, 0.2) is 65.8 Å². The van der Waals surface area contributed by atoms with E-state index in [1.54, 1.807) is 28.8 Å². The van der Waals surface area contributed by atoms with Gasteiger partial charge in [-0.3, -0.25) is 14.2 Å². The van der Waals surface area contributed by atoms with Crippen LogP contribution in [0.5, 0.6) is 5.75 Å². The first-order valence-corrected chi connectivity index (χ1v) is 13.5. The molecule has 2 N–H and O–H groups in total. The highest BCUT2D eigenvalue weighted by Gasteiger charge is 2.17. The summed E-state index contributed by atoms with van der Waals surface area (Å²) in [4.78, 5) is 25.1. The molecule has 39 heavy (non-hydrogen) atoms. The number of hydrogen-bond acceptors (Lipinski definition) is 6. The second-order valence-corrected chi connectivity index (χ2v) is 10.3. The lowest BCUT2D eigenvalue weighted by atomic mass is 10.1. The molecule has 1 aromatic heterocycles. The maximum atomic E-state index is 13.6. The maximum Gasteiger partial charge on any atom is 0.258 e. The van der Waals surface area contributed by atoms with Gasteiger partial charge in [-0.2, -0.15) is 0 Å². The van der Waals surface area contributed by atoms with E-state index in [1.807, 2.05) is 32.0 Å². The normalized spacial score (nSPS) is 10.8. The number of aryl methyl sites for hydroxylation is 2. The molecule has 4 rings (SSSR count). The number of anilines is 1. The highest BCUT2D eigenvalue weighted by molar-refractivity contribution is 7.99. The summed E-state index contributed by atoms with van der Waals surface area (Å²) in [5.74, 6) is -0.261. The fourth-order valence-corrected chi connectivity index (χ4v) is 4.74. The number of halogens is 3. The van der Waals surface area contributed by atoms with Gasteiger partial charge in [0.25, 0.3) is 5.91 Å². The molecule has 8 nitrogen and oxygen atoms in total. The fraction of sp³-hybridized carbons (Fsp3) is 0.185.